The van der Waals surface area contributed by atoms with Crippen LogP contribution in [0.25, 0.3) is 0 Å². The van der Waals surface area contributed by atoms with Gasteiger partial charge in [-0.05, 0) is 12.1 Å². The molecule has 0 bridgehead atoms. The van der Waals surface area contributed by atoms with E-state index >= 15 is 0 Å². The Morgan fingerprint density at radius 3 is 2.38 bits per heavy atom. The van der Waals surface area contributed by atoms with Crippen molar-refractivity contribution < 1.29 is 24.0 Å². The zero-order chi connectivity index (χ0) is 12.1. The first kappa shape index (κ1) is 12.4. The molecule has 0 fully saturated rings. The van der Waals surface area contributed by atoms with Crippen molar-refractivity contribution in [1.29, 1.82) is 0 Å². The topological polar surface area (TPSA) is 91.7 Å². The van der Waals surface area contributed by atoms with Crippen molar-refractivity contribution in [3.05, 3.63) is 29.8 Å². The van der Waals surface area contributed by atoms with E-state index in [4.69, 9.17) is 10.2 Å². The predicted molar refractivity (Wildman–Crippen MR) is 56.9 cm³/mol. The molecular formula is C10H10O5S. The molecule has 0 spiro atoms. The average molecular weight is 242 g/mol. The van der Waals surface area contributed by atoms with Crippen molar-refractivity contribution in [3.8, 4) is 0 Å². The van der Waals surface area contributed by atoms with E-state index in [-0.39, 0.29) is 22.6 Å². The molecule has 0 heterocycles. The molecule has 86 valence electrons. The molecule has 0 amide bonds. The summed E-state index contributed by atoms with van der Waals surface area (Å²) in [5.74, 6) is -2.31. The molecule has 0 saturated carbocycles. The Labute approximate surface area is 94.2 Å². The van der Waals surface area contributed by atoms with Crippen LogP contribution >= 0.6 is 0 Å². The fraction of sp³-hybridized carbons (Fsp3) is 0.200. The summed E-state index contributed by atoms with van der Waals surface area (Å²) < 4.78 is 11.7. The number of carboxylic acids is 2. The van der Waals surface area contributed by atoms with Crippen molar-refractivity contribution in [2.24, 2.45) is 0 Å². The standard InChI is InChI=1S/C10H10O5S/c11-9(12)5-6-16(15)8-4-2-1-3-7(8)10(13)14/h1-4H,5-6H2,(H,11,12)(H,13,14)/t16-/m0/s1. The van der Waals surface area contributed by atoms with Crippen LogP contribution in [0.1, 0.15) is 16.8 Å². The Bertz CT molecular complexity index is 441. The fourth-order valence-corrected chi connectivity index (χ4v) is 2.34. The number of rotatable bonds is 5. The minimum absolute atomic E-state index is 0.0498. The number of benzene rings is 1. The van der Waals surface area contributed by atoms with Crippen LogP contribution in [0.3, 0.4) is 0 Å². The molecule has 0 aliphatic rings. The summed E-state index contributed by atoms with van der Waals surface area (Å²) in [4.78, 5) is 21.3. The van der Waals surface area contributed by atoms with Gasteiger partial charge in [0.2, 0.25) is 0 Å². The lowest BCUT2D eigenvalue weighted by molar-refractivity contribution is -0.136. The molecule has 0 radical (unpaired) electrons. The highest BCUT2D eigenvalue weighted by Crippen LogP contribution is 2.14. The highest BCUT2D eigenvalue weighted by molar-refractivity contribution is 7.85. The first-order valence-electron chi connectivity index (χ1n) is 4.45. The number of aliphatic carboxylic acids is 1. The Kier molecular flexibility index (Phi) is 4.19. The van der Waals surface area contributed by atoms with E-state index in [1.165, 1.54) is 18.2 Å². The molecule has 1 atom stereocenters. The van der Waals surface area contributed by atoms with E-state index < -0.39 is 22.7 Å². The zero-order valence-electron chi connectivity index (χ0n) is 8.25. The zero-order valence-corrected chi connectivity index (χ0v) is 9.07. The summed E-state index contributed by atoms with van der Waals surface area (Å²) >= 11 is 0. The quantitative estimate of drug-likeness (QED) is 0.802. The second-order valence-corrected chi connectivity index (χ2v) is 4.53. The summed E-state index contributed by atoms with van der Waals surface area (Å²) in [5.41, 5.74) is -0.0498. The van der Waals surface area contributed by atoms with Gasteiger partial charge in [-0.3, -0.25) is 9.00 Å². The molecule has 1 aromatic carbocycles. The number of hydrogen-bond donors (Lipinski definition) is 2. The largest absolute Gasteiger partial charge is 0.481 e. The maximum absolute atomic E-state index is 11.7. The van der Waals surface area contributed by atoms with Crippen LogP contribution in [0.2, 0.25) is 0 Å². The highest BCUT2D eigenvalue weighted by Gasteiger charge is 2.15. The van der Waals surface area contributed by atoms with Crippen molar-refractivity contribution in [2.45, 2.75) is 11.3 Å². The van der Waals surface area contributed by atoms with Crippen LogP contribution in [-0.4, -0.2) is 32.1 Å². The summed E-state index contributed by atoms with van der Waals surface area (Å²) in [7, 11) is -1.60. The lowest BCUT2D eigenvalue weighted by Gasteiger charge is -2.04. The number of carboxylic acid groups (broad SMARTS) is 2. The third kappa shape index (κ3) is 3.16. The van der Waals surface area contributed by atoms with Crippen LogP contribution < -0.4 is 0 Å². The van der Waals surface area contributed by atoms with E-state index in [1.54, 1.807) is 6.07 Å². The third-order valence-corrected chi connectivity index (χ3v) is 3.29. The van der Waals surface area contributed by atoms with Gasteiger partial charge in [0.15, 0.2) is 0 Å². The van der Waals surface area contributed by atoms with Gasteiger partial charge in [0.25, 0.3) is 0 Å². The SMILES string of the molecule is O=C(O)CC[S@](=O)c1ccccc1C(=O)O. The monoisotopic (exact) mass is 242 g/mol. The third-order valence-electron chi connectivity index (χ3n) is 1.86. The van der Waals surface area contributed by atoms with E-state index in [0.29, 0.717) is 0 Å². The first-order valence-corrected chi connectivity index (χ1v) is 5.76. The second kappa shape index (κ2) is 5.41. The minimum Gasteiger partial charge on any atom is -0.481 e. The Balaban J connectivity index is 2.90. The average Bonchev–Trinajstić information content (AvgIpc) is 2.25. The molecule has 6 heteroatoms. The van der Waals surface area contributed by atoms with Crippen LogP contribution in [0, 0.1) is 0 Å². The highest BCUT2D eigenvalue weighted by atomic mass is 32.2. The predicted octanol–water partition coefficient (Wildman–Crippen LogP) is 0.967. The van der Waals surface area contributed by atoms with Crippen LogP contribution in [0.15, 0.2) is 29.2 Å². The lowest BCUT2D eigenvalue weighted by atomic mass is 10.2. The van der Waals surface area contributed by atoms with Gasteiger partial charge in [-0.2, -0.15) is 0 Å². The van der Waals surface area contributed by atoms with Crippen molar-refractivity contribution in [3.63, 3.8) is 0 Å². The molecule has 0 saturated heterocycles. The van der Waals surface area contributed by atoms with Crippen LogP contribution in [-0.2, 0) is 15.6 Å². The molecular weight excluding hydrogens is 232 g/mol. The number of hydrogen-bond acceptors (Lipinski definition) is 3. The fourth-order valence-electron chi connectivity index (χ4n) is 1.13. The maximum Gasteiger partial charge on any atom is 0.336 e. The normalized spacial score (nSPS) is 12.0. The molecule has 1 rings (SSSR count). The van der Waals surface area contributed by atoms with Gasteiger partial charge in [0.1, 0.15) is 0 Å². The molecule has 0 aliphatic carbocycles. The first-order chi connectivity index (χ1) is 7.52. The minimum atomic E-state index is -1.60. The smallest absolute Gasteiger partial charge is 0.336 e. The Hall–Kier alpha value is -1.69. The van der Waals surface area contributed by atoms with Gasteiger partial charge < -0.3 is 10.2 Å². The Morgan fingerprint density at radius 2 is 1.81 bits per heavy atom. The van der Waals surface area contributed by atoms with Gasteiger partial charge in [0, 0.05) is 5.75 Å². The van der Waals surface area contributed by atoms with Crippen molar-refractivity contribution in [1.82, 2.24) is 0 Å². The second-order valence-electron chi connectivity index (χ2n) is 2.99. The summed E-state index contributed by atoms with van der Waals surface area (Å²) in [5, 5.41) is 17.3. The Morgan fingerprint density at radius 1 is 1.19 bits per heavy atom. The van der Waals surface area contributed by atoms with E-state index in [1.807, 2.05) is 0 Å². The van der Waals surface area contributed by atoms with E-state index in [0.717, 1.165) is 0 Å². The van der Waals surface area contributed by atoms with Crippen LogP contribution in [0.5, 0.6) is 0 Å². The molecule has 0 aliphatic heterocycles. The molecule has 5 nitrogen and oxygen atoms in total. The van der Waals surface area contributed by atoms with Gasteiger partial charge >= 0.3 is 11.9 Å². The van der Waals surface area contributed by atoms with E-state index in [2.05, 4.69) is 0 Å². The summed E-state index contributed by atoms with van der Waals surface area (Å²) in [6.45, 7) is 0. The maximum atomic E-state index is 11.7. The molecule has 0 aromatic heterocycles. The van der Waals surface area contributed by atoms with Gasteiger partial charge in [-0.1, -0.05) is 12.1 Å². The van der Waals surface area contributed by atoms with Crippen molar-refractivity contribution >= 4 is 22.7 Å². The van der Waals surface area contributed by atoms with Gasteiger partial charge in [0.05, 0.1) is 27.7 Å². The summed E-state index contributed by atoms with van der Waals surface area (Å²) in [6, 6.07) is 5.87. The molecule has 0 unspecified atom stereocenters. The van der Waals surface area contributed by atoms with E-state index in [9.17, 15) is 13.8 Å². The number of aromatic carboxylic acids is 1. The molecule has 1 aromatic rings. The summed E-state index contributed by atoms with van der Waals surface area (Å²) in [6.07, 6.45) is -0.249. The van der Waals surface area contributed by atoms with Gasteiger partial charge in [-0.15, -0.1) is 0 Å². The van der Waals surface area contributed by atoms with Crippen molar-refractivity contribution in [2.75, 3.05) is 5.75 Å². The molecule has 16 heavy (non-hydrogen) atoms. The molecule has 2 N–H and O–H groups in total. The van der Waals surface area contributed by atoms with Crippen LogP contribution in [0.4, 0.5) is 0 Å². The van der Waals surface area contributed by atoms with Gasteiger partial charge in [-0.25, -0.2) is 4.79 Å². The lowest BCUT2D eigenvalue weighted by Crippen LogP contribution is -2.09. The number of carbonyl (C=O) groups is 2.